The van der Waals surface area contributed by atoms with E-state index in [0.717, 1.165) is 11.3 Å². The smallest absolute Gasteiger partial charge is 0.354 e. The number of carboxylic acid groups (broad SMARTS) is 1. The van der Waals surface area contributed by atoms with Gasteiger partial charge in [0.1, 0.15) is 11.6 Å². The number of para-hydroxylation sites is 1. The van der Waals surface area contributed by atoms with E-state index in [1.807, 2.05) is 24.3 Å². The first-order valence-corrected chi connectivity index (χ1v) is 5.80. The van der Waals surface area contributed by atoms with Crippen LogP contribution < -0.4 is 4.74 Å². The van der Waals surface area contributed by atoms with Gasteiger partial charge in [-0.25, -0.2) is 14.8 Å². The molecule has 2 aromatic rings. The normalized spacial score (nSPS) is 10.2. The molecule has 0 aliphatic carbocycles. The second-order valence-electron chi connectivity index (χ2n) is 4.10. The van der Waals surface area contributed by atoms with Gasteiger partial charge in [0.05, 0.1) is 7.11 Å². The SMILES string of the molecule is COc1ccccc1Cc1nc(C)cc(C(=O)O)n1. The van der Waals surface area contributed by atoms with Crippen LogP contribution in [0.4, 0.5) is 0 Å². The fraction of sp³-hybridized carbons (Fsp3) is 0.214. The summed E-state index contributed by atoms with van der Waals surface area (Å²) in [7, 11) is 1.60. The number of nitrogens with zero attached hydrogens (tertiary/aromatic N) is 2. The average Bonchev–Trinajstić information content (AvgIpc) is 2.38. The van der Waals surface area contributed by atoms with E-state index in [0.29, 0.717) is 17.9 Å². The van der Waals surface area contributed by atoms with Gasteiger partial charge in [-0.2, -0.15) is 0 Å². The number of ether oxygens (including phenoxy) is 1. The number of hydrogen-bond donors (Lipinski definition) is 1. The number of methoxy groups -OCH3 is 1. The Labute approximate surface area is 110 Å². The molecule has 19 heavy (non-hydrogen) atoms. The number of carboxylic acids is 1. The van der Waals surface area contributed by atoms with Crippen molar-refractivity contribution in [1.29, 1.82) is 0 Å². The Morgan fingerprint density at radius 1 is 1.32 bits per heavy atom. The Morgan fingerprint density at radius 3 is 2.74 bits per heavy atom. The third-order valence-electron chi connectivity index (χ3n) is 2.66. The maximum absolute atomic E-state index is 11.0. The Morgan fingerprint density at radius 2 is 2.05 bits per heavy atom. The van der Waals surface area contributed by atoms with Gasteiger partial charge >= 0.3 is 5.97 Å². The topological polar surface area (TPSA) is 72.3 Å². The molecule has 0 saturated carbocycles. The Hall–Kier alpha value is -2.43. The maximum atomic E-state index is 11.0. The molecule has 0 aliphatic rings. The van der Waals surface area contributed by atoms with E-state index in [2.05, 4.69) is 9.97 Å². The van der Waals surface area contributed by atoms with Gasteiger partial charge in [-0.15, -0.1) is 0 Å². The summed E-state index contributed by atoms with van der Waals surface area (Å²) in [5.74, 6) is 0.165. The lowest BCUT2D eigenvalue weighted by Crippen LogP contribution is -2.07. The quantitative estimate of drug-likeness (QED) is 0.909. The van der Waals surface area contributed by atoms with Crippen LogP contribution in [0.2, 0.25) is 0 Å². The molecular formula is C14H14N2O3. The van der Waals surface area contributed by atoms with E-state index in [1.165, 1.54) is 6.07 Å². The van der Waals surface area contributed by atoms with Crippen molar-refractivity contribution < 1.29 is 14.6 Å². The monoisotopic (exact) mass is 258 g/mol. The minimum Gasteiger partial charge on any atom is -0.496 e. The lowest BCUT2D eigenvalue weighted by atomic mass is 10.1. The molecule has 0 radical (unpaired) electrons. The summed E-state index contributed by atoms with van der Waals surface area (Å²) in [6, 6.07) is 8.98. The fourth-order valence-corrected chi connectivity index (χ4v) is 1.84. The lowest BCUT2D eigenvalue weighted by molar-refractivity contribution is 0.0689. The number of aromatic carboxylic acids is 1. The molecule has 2 rings (SSSR count). The van der Waals surface area contributed by atoms with Gasteiger partial charge in [0.25, 0.3) is 0 Å². The molecule has 1 heterocycles. The largest absolute Gasteiger partial charge is 0.496 e. The van der Waals surface area contributed by atoms with Crippen molar-refractivity contribution in [1.82, 2.24) is 9.97 Å². The number of hydrogen-bond acceptors (Lipinski definition) is 4. The highest BCUT2D eigenvalue weighted by molar-refractivity contribution is 5.85. The van der Waals surface area contributed by atoms with Gasteiger partial charge in [-0.3, -0.25) is 0 Å². The van der Waals surface area contributed by atoms with Crippen molar-refractivity contribution in [2.75, 3.05) is 7.11 Å². The van der Waals surface area contributed by atoms with Crippen LogP contribution in [0.1, 0.15) is 27.6 Å². The average molecular weight is 258 g/mol. The summed E-state index contributed by atoms with van der Waals surface area (Å²) < 4.78 is 5.25. The van der Waals surface area contributed by atoms with E-state index in [1.54, 1.807) is 14.0 Å². The minimum absolute atomic E-state index is 0.0115. The van der Waals surface area contributed by atoms with Gasteiger partial charge in [-0.05, 0) is 19.1 Å². The summed E-state index contributed by atoms with van der Waals surface area (Å²) in [6.45, 7) is 1.75. The molecule has 0 spiro atoms. The zero-order valence-electron chi connectivity index (χ0n) is 10.8. The molecule has 1 aromatic carbocycles. The molecule has 1 aromatic heterocycles. The zero-order chi connectivity index (χ0) is 13.8. The summed E-state index contributed by atoms with van der Waals surface area (Å²) in [6.07, 6.45) is 0.436. The molecule has 1 N–H and O–H groups in total. The first-order valence-electron chi connectivity index (χ1n) is 5.80. The molecular weight excluding hydrogens is 244 g/mol. The second-order valence-corrected chi connectivity index (χ2v) is 4.10. The molecule has 5 heteroatoms. The number of aromatic nitrogens is 2. The molecule has 0 bridgehead atoms. The first kappa shape index (κ1) is 13.0. The number of aryl methyl sites for hydroxylation is 1. The van der Waals surface area contributed by atoms with Gasteiger partial charge in [0.2, 0.25) is 0 Å². The standard InChI is InChI=1S/C14H14N2O3/c1-9-7-11(14(17)18)16-13(15-9)8-10-5-3-4-6-12(10)19-2/h3-7H,8H2,1-2H3,(H,17,18). The maximum Gasteiger partial charge on any atom is 0.354 e. The van der Waals surface area contributed by atoms with Crippen molar-refractivity contribution in [2.24, 2.45) is 0 Å². The zero-order valence-corrected chi connectivity index (χ0v) is 10.8. The molecule has 0 aliphatic heterocycles. The van der Waals surface area contributed by atoms with E-state index in [-0.39, 0.29) is 5.69 Å². The number of carbonyl (C=O) groups is 1. The summed E-state index contributed by atoms with van der Waals surface area (Å²) in [5, 5.41) is 8.99. The highest BCUT2D eigenvalue weighted by Gasteiger charge is 2.10. The van der Waals surface area contributed by atoms with E-state index in [9.17, 15) is 4.79 Å². The summed E-state index contributed by atoms with van der Waals surface area (Å²) >= 11 is 0. The molecule has 0 unspecified atom stereocenters. The predicted octanol–water partition coefficient (Wildman–Crippen LogP) is 2.08. The Bertz CT molecular complexity index is 611. The molecule has 98 valence electrons. The third kappa shape index (κ3) is 3.07. The third-order valence-corrected chi connectivity index (χ3v) is 2.66. The van der Waals surface area contributed by atoms with E-state index in [4.69, 9.17) is 9.84 Å². The summed E-state index contributed by atoms with van der Waals surface area (Å²) in [5.41, 5.74) is 1.57. The Balaban J connectivity index is 2.35. The van der Waals surface area contributed by atoms with Crippen molar-refractivity contribution in [3.63, 3.8) is 0 Å². The molecule has 0 amide bonds. The highest BCUT2D eigenvalue weighted by atomic mass is 16.5. The van der Waals surface area contributed by atoms with Crippen LogP contribution in [0.5, 0.6) is 5.75 Å². The predicted molar refractivity (Wildman–Crippen MR) is 69.5 cm³/mol. The van der Waals surface area contributed by atoms with Crippen molar-refractivity contribution in [3.05, 3.63) is 53.1 Å². The van der Waals surface area contributed by atoms with E-state index < -0.39 is 5.97 Å². The molecule has 0 atom stereocenters. The molecule has 0 fully saturated rings. The van der Waals surface area contributed by atoms with Crippen LogP contribution in [0.3, 0.4) is 0 Å². The number of rotatable bonds is 4. The van der Waals surface area contributed by atoms with E-state index >= 15 is 0 Å². The Kier molecular flexibility index (Phi) is 3.75. The molecule has 5 nitrogen and oxygen atoms in total. The van der Waals surface area contributed by atoms with Gasteiger partial charge < -0.3 is 9.84 Å². The van der Waals surface area contributed by atoms with Gasteiger partial charge in [0.15, 0.2) is 5.69 Å². The highest BCUT2D eigenvalue weighted by Crippen LogP contribution is 2.19. The van der Waals surface area contributed by atoms with Crippen LogP contribution in [0.25, 0.3) is 0 Å². The van der Waals surface area contributed by atoms with Gasteiger partial charge in [0, 0.05) is 17.7 Å². The van der Waals surface area contributed by atoms with Crippen LogP contribution >= 0.6 is 0 Å². The number of benzene rings is 1. The first-order chi connectivity index (χ1) is 9.10. The molecule has 0 saturated heterocycles. The second kappa shape index (κ2) is 5.48. The minimum atomic E-state index is -1.05. The van der Waals surface area contributed by atoms with Crippen LogP contribution in [-0.4, -0.2) is 28.2 Å². The summed E-state index contributed by atoms with van der Waals surface area (Å²) in [4.78, 5) is 19.3. The van der Waals surface area contributed by atoms with Crippen LogP contribution in [-0.2, 0) is 6.42 Å². The van der Waals surface area contributed by atoms with Crippen LogP contribution in [0, 0.1) is 6.92 Å². The van der Waals surface area contributed by atoms with Crippen LogP contribution in [0.15, 0.2) is 30.3 Å². The lowest BCUT2D eigenvalue weighted by Gasteiger charge is -2.08. The van der Waals surface area contributed by atoms with Crippen molar-refractivity contribution in [3.8, 4) is 5.75 Å². The van der Waals surface area contributed by atoms with Gasteiger partial charge in [-0.1, -0.05) is 18.2 Å². The fourth-order valence-electron chi connectivity index (χ4n) is 1.84. The van der Waals surface area contributed by atoms with Crippen molar-refractivity contribution in [2.45, 2.75) is 13.3 Å². The van der Waals surface area contributed by atoms with Crippen molar-refractivity contribution >= 4 is 5.97 Å².